The molecule has 30 heavy (non-hydrogen) atoms. The zero-order valence-corrected chi connectivity index (χ0v) is 18.2. The van der Waals surface area contributed by atoms with Crippen molar-refractivity contribution in [2.75, 3.05) is 25.1 Å². The Hall–Kier alpha value is -2.09. The van der Waals surface area contributed by atoms with Crippen LogP contribution in [0.25, 0.3) is 0 Å². The van der Waals surface area contributed by atoms with Crippen LogP contribution in [0, 0.1) is 0 Å². The highest BCUT2D eigenvalue weighted by molar-refractivity contribution is 7.17. The first-order valence-electron chi connectivity index (χ1n) is 10.3. The Morgan fingerprint density at radius 3 is 2.73 bits per heavy atom. The summed E-state index contributed by atoms with van der Waals surface area (Å²) >= 11 is 7.37. The van der Waals surface area contributed by atoms with Crippen LogP contribution in [0.2, 0.25) is 5.02 Å². The van der Waals surface area contributed by atoms with E-state index in [1.54, 1.807) is 24.3 Å². The van der Waals surface area contributed by atoms with E-state index in [9.17, 15) is 9.59 Å². The largest absolute Gasteiger partial charge is 0.484 e. The maximum atomic E-state index is 13.0. The Bertz CT molecular complexity index is 907. The van der Waals surface area contributed by atoms with Crippen LogP contribution in [0.15, 0.2) is 24.3 Å². The fourth-order valence-corrected chi connectivity index (χ4v) is 5.27. The Kier molecular flexibility index (Phi) is 6.92. The molecule has 0 unspecified atom stereocenters. The monoisotopic (exact) mass is 448 g/mol. The van der Waals surface area contributed by atoms with Crippen molar-refractivity contribution in [2.45, 2.75) is 44.6 Å². The maximum Gasteiger partial charge on any atom is 0.262 e. The summed E-state index contributed by atoms with van der Waals surface area (Å²) in [6, 6.07) is 6.84. The van der Waals surface area contributed by atoms with Gasteiger partial charge in [-0.05, 0) is 68.4 Å². The first-order chi connectivity index (χ1) is 14.6. The molecule has 0 radical (unpaired) electrons. The van der Waals surface area contributed by atoms with E-state index in [4.69, 9.17) is 21.1 Å². The second-order valence-corrected chi connectivity index (χ2v) is 9.09. The van der Waals surface area contributed by atoms with Gasteiger partial charge in [0.1, 0.15) is 10.8 Å². The van der Waals surface area contributed by atoms with E-state index in [0.717, 1.165) is 50.7 Å². The van der Waals surface area contributed by atoms with Crippen LogP contribution < -0.4 is 15.4 Å². The molecule has 0 saturated carbocycles. The summed E-state index contributed by atoms with van der Waals surface area (Å²) in [5.74, 6) is 0.130. The molecule has 1 aromatic heterocycles. The van der Waals surface area contributed by atoms with Crippen LogP contribution in [0.1, 0.15) is 46.5 Å². The van der Waals surface area contributed by atoms with Gasteiger partial charge in [0.25, 0.3) is 11.8 Å². The minimum atomic E-state index is -0.295. The lowest BCUT2D eigenvalue weighted by Crippen LogP contribution is -2.33. The highest BCUT2D eigenvalue weighted by Crippen LogP contribution is 2.38. The molecule has 2 amide bonds. The van der Waals surface area contributed by atoms with E-state index < -0.39 is 0 Å². The van der Waals surface area contributed by atoms with Crippen molar-refractivity contribution < 1.29 is 19.1 Å². The van der Waals surface area contributed by atoms with Crippen molar-refractivity contribution in [3.05, 3.63) is 45.3 Å². The number of carbonyl (C=O) groups excluding carboxylic acids is 2. The number of halogens is 1. The molecule has 8 heteroatoms. The van der Waals surface area contributed by atoms with Crippen LogP contribution in [0.5, 0.6) is 5.75 Å². The van der Waals surface area contributed by atoms with E-state index in [1.165, 1.54) is 16.2 Å². The zero-order chi connectivity index (χ0) is 20.9. The van der Waals surface area contributed by atoms with Gasteiger partial charge in [0.2, 0.25) is 0 Å². The molecule has 4 rings (SSSR count). The third kappa shape index (κ3) is 5.14. The Morgan fingerprint density at radius 2 is 1.97 bits per heavy atom. The summed E-state index contributed by atoms with van der Waals surface area (Å²) in [6.07, 6.45) is 6.06. The average molecular weight is 449 g/mol. The average Bonchev–Trinajstić information content (AvgIpc) is 3.39. The van der Waals surface area contributed by atoms with Crippen LogP contribution in [-0.4, -0.2) is 37.7 Å². The lowest BCUT2D eigenvalue weighted by molar-refractivity contribution is -0.118. The van der Waals surface area contributed by atoms with Crippen LogP contribution in [-0.2, 0) is 22.4 Å². The second-order valence-electron chi connectivity index (χ2n) is 7.55. The number of hydrogen-bond donors (Lipinski definition) is 2. The Labute approximate surface area is 184 Å². The molecule has 2 aromatic rings. The van der Waals surface area contributed by atoms with Crippen LogP contribution in [0.3, 0.4) is 0 Å². The lowest BCUT2D eigenvalue weighted by atomic mass is 9.95. The number of hydrogen-bond acceptors (Lipinski definition) is 5. The molecule has 2 heterocycles. The van der Waals surface area contributed by atoms with Gasteiger partial charge in [0, 0.05) is 23.1 Å². The van der Waals surface area contributed by atoms with Crippen LogP contribution in [0.4, 0.5) is 5.00 Å². The van der Waals surface area contributed by atoms with Gasteiger partial charge >= 0.3 is 0 Å². The SMILES string of the molecule is O=C(COc1ccc(Cl)cc1)Nc1sc2c(c1C(=O)NC[C@@H]1CCCO1)CCCC2. The van der Waals surface area contributed by atoms with Gasteiger partial charge in [-0.15, -0.1) is 11.3 Å². The standard InChI is InChI=1S/C22H25ClN2O4S/c23-14-7-9-15(10-8-14)29-13-19(26)25-22-20(17-5-1-2-6-18(17)30-22)21(27)24-12-16-4-3-11-28-16/h7-10,16H,1-6,11-13H2,(H,24,27)(H,25,26)/t16-/m0/s1. The van der Waals surface area contributed by atoms with Crippen molar-refractivity contribution in [1.82, 2.24) is 5.32 Å². The molecule has 1 aliphatic carbocycles. The number of ether oxygens (including phenoxy) is 2. The molecule has 1 atom stereocenters. The minimum absolute atomic E-state index is 0.0780. The van der Waals surface area contributed by atoms with Gasteiger partial charge < -0.3 is 20.1 Å². The van der Waals surface area contributed by atoms with Gasteiger partial charge in [-0.25, -0.2) is 0 Å². The molecule has 1 saturated heterocycles. The molecule has 2 aliphatic rings. The molecule has 0 bridgehead atoms. The van der Waals surface area contributed by atoms with Crippen molar-refractivity contribution in [1.29, 1.82) is 0 Å². The first kappa shape index (κ1) is 21.2. The normalized spacial score (nSPS) is 18.0. The summed E-state index contributed by atoms with van der Waals surface area (Å²) in [7, 11) is 0. The highest BCUT2D eigenvalue weighted by Gasteiger charge is 2.27. The second kappa shape index (κ2) is 9.81. The number of rotatable bonds is 7. The number of carbonyl (C=O) groups is 2. The topological polar surface area (TPSA) is 76.7 Å². The molecule has 1 aromatic carbocycles. The van der Waals surface area contributed by atoms with Gasteiger partial charge in [-0.1, -0.05) is 11.6 Å². The fraction of sp³-hybridized carbons (Fsp3) is 0.455. The molecule has 2 N–H and O–H groups in total. The van der Waals surface area contributed by atoms with Crippen molar-refractivity contribution >= 4 is 39.8 Å². The maximum absolute atomic E-state index is 13.0. The molecular weight excluding hydrogens is 424 g/mol. The Balaban J connectivity index is 1.43. The smallest absolute Gasteiger partial charge is 0.262 e. The first-order valence-corrected chi connectivity index (χ1v) is 11.5. The van der Waals surface area contributed by atoms with E-state index in [1.807, 2.05) is 0 Å². The molecule has 1 fully saturated rings. The summed E-state index contributed by atoms with van der Waals surface area (Å²) in [5.41, 5.74) is 1.68. The van der Waals surface area contributed by atoms with E-state index >= 15 is 0 Å². The summed E-state index contributed by atoms with van der Waals surface area (Å²) in [6.45, 7) is 1.11. The molecule has 0 spiro atoms. The summed E-state index contributed by atoms with van der Waals surface area (Å²) in [4.78, 5) is 26.7. The third-order valence-electron chi connectivity index (χ3n) is 5.35. The number of amides is 2. The third-order valence-corrected chi connectivity index (χ3v) is 6.81. The number of fused-ring (bicyclic) bond motifs is 1. The predicted octanol–water partition coefficient (Wildman–Crippen LogP) is 4.21. The summed E-state index contributed by atoms with van der Waals surface area (Å²) in [5, 5.41) is 7.11. The van der Waals surface area contributed by atoms with Gasteiger partial charge in [-0.2, -0.15) is 0 Å². The molecular formula is C22H25ClN2O4S. The van der Waals surface area contributed by atoms with Crippen molar-refractivity contribution in [2.24, 2.45) is 0 Å². The van der Waals surface area contributed by atoms with Gasteiger partial charge in [-0.3, -0.25) is 9.59 Å². The number of thiophene rings is 1. The predicted molar refractivity (Wildman–Crippen MR) is 118 cm³/mol. The van der Waals surface area contributed by atoms with Crippen molar-refractivity contribution in [3.63, 3.8) is 0 Å². The molecule has 160 valence electrons. The number of nitrogens with one attached hydrogen (secondary N) is 2. The fourth-order valence-electron chi connectivity index (χ4n) is 3.84. The number of anilines is 1. The van der Waals surface area contributed by atoms with E-state index in [0.29, 0.717) is 27.9 Å². The Morgan fingerprint density at radius 1 is 1.17 bits per heavy atom. The quantitative estimate of drug-likeness (QED) is 0.665. The number of aryl methyl sites for hydroxylation is 1. The van der Waals surface area contributed by atoms with Gasteiger partial charge in [0.05, 0.1) is 11.7 Å². The van der Waals surface area contributed by atoms with E-state index in [-0.39, 0.29) is 24.5 Å². The molecule has 6 nitrogen and oxygen atoms in total. The summed E-state index contributed by atoms with van der Waals surface area (Å²) < 4.78 is 11.1. The zero-order valence-electron chi connectivity index (χ0n) is 16.7. The van der Waals surface area contributed by atoms with E-state index in [2.05, 4.69) is 10.6 Å². The van der Waals surface area contributed by atoms with Crippen LogP contribution >= 0.6 is 22.9 Å². The number of benzene rings is 1. The minimum Gasteiger partial charge on any atom is -0.484 e. The van der Waals surface area contributed by atoms with Gasteiger partial charge in [0.15, 0.2) is 6.61 Å². The highest BCUT2D eigenvalue weighted by atomic mass is 35.5. The lowest BCUT2D eigenvalue weighted by Gasteiger charge is -2.15. The molecule has 1 aliphatic heterocycles. The van der Waals surface area contributed by atoms with Crippen molar-refractivity contribution in [3.8, 4) is 5.75 Å².